The highest BCUT2D eigenvalue weighted by Gasteiger charge is 2.23. The standard InChI is InChI=1S/C14H19ISi/c1-4-5-6-9-13-10-7-8-11-14(13)16(2,3)12-15/h7-8,10-11H,4-5,12H2,1-3H3. The largest absolute Gasteiger partial charge is 0.0979 e. The second-order valence-electron chi connectivity index (χ2n) is 4.61. The molecule has 1 rings (SSSR count). The molecule has 1 aromatic carbocycles. The third-order valence-electron chi connectivity index (χ3n) is 2.59. The average molecular weight is 342 g/mol. The molecule has 0 radical (unpaired) electrons. The van der Waals surface area contributed by atoms with E-state index in [1.54, 1.807) is 0 Å². The molecule has 0 aromatic heterocycles. The van der Waals surface area contributed by atoms with Crippen LogP contribution in [0, 0.1) is 11.8 Å². The molecule has 0 atom stereocenters. The number of rotatable bonds is 3. The lowest BCUT2D eigenvalue weighted by atomic mass is 10.2. The van der Waals surface area contributed by atoms with Crippen molar-refractivity contribution in [2.45, 2.75) is 32.9 Å². The highest BCUT2D eigenvalue weighted by Crippen LogP contribution is 2.10. The Kier molecular flexibility index (Phi) is 5.57. The fourth-order valence-corrected chi connectivity index (χ4v) is 4.34. The summed E-state index contributed by atoms with van der Waals surface area (Å²) in [5.41, 5.74) is 1.25. The van der Waals surface area contributed by atoms with Gasteiger partial charge in [0.2, 0.25) is 0 Å². The summed E-state index contributed by atoms with van der Waals surface area (Å²) in [5.74, 6) is 6.59. The Labute approximate surface area is 114 Å². The first-order valence-corrected chi connectivity index (χ1v) is 10.5. The average Bonchev–Trinajstić information content (AvgIpc) is 2.30. The molecule has 0 bridgehead atoms. The fourth-order valence-electron chi connectivity index (χ4n) is 1.54. The third-order valence-corrected chi connectivity index (χ3v) is 10.9. The maximum absolute atomic E-state index is 3.34. The number of hydrogen-bond donors (Lipinski definition) is 0. The molecule has 0 aliphatic rings. The van der Waals surface area contributed by atoms with Gasteiger partial charge in [0.15, 0.2) is 0 Å². The van der Waals surface area contributed by atoms with E-state index in [1.165, 1.54) is 14.8 Å². The predicted octanol–water partition coefficient (Wildman–Crippen LogP) is 3.73. The molecule has 0 N–H and O–H groups in total. The van der Waals surface area contributed by atoms with Gasteiger partial charge in [-0.1, -0.05) is 72.6 Å². The summed E-state index contributed by atoms with van der Waals surface area (Å²) >= 11 is 2.51. The van der Waals surface area contributed by atoms with Crippen LogP contribution in [0.5, 0.6) is 0 Å². The molecule has 86 valence electrons. The highest BCUT2D eigenvalue weighted by molar-refractivity contribution is 14.1. The SMILES string of the molecule is CCCC#Cc1ccccc1[Si](C)(C)CI. The van der Waals surface area contributed by atoms with E-state index in [-0.39, 0.29) is 0 Å². The first-order chi connectivity index (χ1) is 7.61. The van der Waals surface area contributed by atoms with Crippen LogP contribution in [-0.2, 0) is 0 Å². The van der Waals surface area contributed by atoms with Crippen molar-refractivity contribution in [2.75, 3.05) is 4.05 Å². The minimum absolute atomic E-state index is 1.00. The Hall–Kier alpha value is -0.273. The molecule has 16 heavy (non-hydrogen) atoms. The van der Waals surface area contributed by atoms with E-state index in [1.807, 2.05) is 0 Å². The lowest BCUT2D eigenvalue weighted by Gasteiger charge is -2.21. The van der Waals surface area contributed by atoms with E-state index >= 15 is 0 Å². The van der Waals surface area contributed by atoms with Gasteiger partial charge >= 0.3 is 0 Å². The summed E-state index contributed by atoms with van der Waals surface area (Å²) in [5, 5.41) is 1.51. The van der Waals surface area contributed by atoms with Gasteiger partial charge in [0, 0.05) is 12.0 Å². The van der Waals surface area contributed by atoms with E-state index < -0.39 is 8.07 Å². The number of alkyl halides is 1. The zero-order chi connectivity index (χ0) is 12.0. The summed E-state index contributed by atoms with van der Waals surface area (Å²) in [6, 6.07) is 8.67. The van der Waals surface area contributed by atoms with Crippen LogP contribution < -0.4 is 5.19 Å². The van der Waals surface area contributed by atoms with Crippen molar-refractivity contribution in [3.05, 3.63) is 29.8 Å². The van der Waals surface area contributed by atoms with Crippen LogP contribution in [0.2, 0.25) is 13.1 Å². The van der Waals surface area contributed by atoms with Gasteiger partial charge in [-0.15, -0.1) is 0 Å². The Morgan fingerprint density at radius 2 is 1.94 bits per heavy atom. The summed E-state index contributed by atoms with van der Waals surface area (Å²) in [4.78, 5) is 0. The number of hydrogen-bond acceptors (Lipinski definition) is 0. The molecular weight excluding hydrogens is 323 g/mol. The summed E-state index contributed by atoms with van der Waals surface area (Å²) in [7, 11) is -1.27. The van der Waals surface area contributed by atoms with Gasteiger partial charge in [-0.25, -0.2) is 0 Å². The van der Waals surface area contributed by atoms with Gasteiger partial charge in [0.1, 0.15) is 0 Å². The van der Waals surface area contributed by atoms with E-state index in [2.05, 4.69) is 78.7 Å². The van der Waals surface area contributed by atoms with Crippen LogP contribution >= 0.6 is 22.6 Å². The minimum atomic E-state index is -1.27. The van der Waals surface area contributed by atoms with Gasteiger partial charge in [0.25, 0.3) is 0 Å². The van der Waals surface area contributed by atoms with Crippen molar-refractivity contribution >= 4 is 35.9 Å². The third kappa shape index (κ3) is 3.64. The molecule has 0 amide bonds. The Balaban J connectivity index is 3.07. The van der Waals surface area contributed by atoms with Crippen molar-refractivity contribution in [3.8, 4) is 11.8 Å². The van der Waals surface area contributed by atoms with Crippen molar-refractivity contribution in [3.63, 3.8) is 0 Å². The minimum Gasteiger partial charge on any atom is -0.0979 e. The molecule has 0 saturated heterocycles. The maximum Gasteiger partial charge on any atom is 0.0919 e. The molecule has 0 spiro atoms. The molecule has 0 aliphatic carbocycles. The summed E-state index contributed by atoms with van der Waals surface area (Å²) < 4.78 is 1.25. The molecule has 0 nitrogen and oxygen atoms in total. The van der Waals surface area contributed by atoms with Crippen molar-refractivity contribution in [2.24, 2.45) is 0 Å². The van der Waals surface area contributed by atoms with Crippen LogP contribution in [0.25, 0.3) is 0 Å². The normalized spacial score (nSPS) is 10.8. The number of halogens is 1. The quantitative estimate of drug-likeness (QED) is 0.340. The molecule has 1 aromatic rings. The van der Waals surface area contributed by atoms with E-state index in [4.69, 9.17) is 0 Å². The molecule has 0 heterocycles. The van der Waals surface area contributed by atoms with E-state index in [9.17, 15) is 0 Å². The van der Waals surface area contributed by atoms with Crippen LogP contribution in [0.4, 0.5) is 0 Å². The second-order valence-corrected chi connectivity index (χ2v) is 11.5. The van der Waals surface area contributed by atoms with Crippen LogP contribution in [-0.4, -0.2) is 12.1 Å². The van der Waals surface area contributed by atoms with Gasteiger partial charge in [-0.3, -0.25) is 0 Å². The highest BCUT2D eigenvalue weighted by atomic mass is 127. The molecule has 0 saturated carbocycles. The molecule has 0 fully saturated rings. The molecular formula is C14H19ISi. The van der Waals surface area contributed by atoms with Gasteiger partial charge in [0.05, 0.1) is 8.07 Å². The number of benzene rings is 1. The van der Waals surface area contributed by atoms with Crippen LogP contribution in [0.15, 0.2) is 24.3 Å². The first kappa shape index (κ1) is 13.8. The summed E-state index contributed by atoms with van der Waals surface area (Å²) in [6.07, 6.45) is 2.14. The van der Waals surface area contributed by atoms with Gasteiger partial charge < -0.3 is 0 Å². The van der Waals surface area contributed by atoms with Crippen LogP contribution in [0.1, 0.15) is 25.3 Å². The fraction of sp³-hybridized carbons (Fsp3) is 0.429. The topological polar surface area (TPSA) is 0 Å². The van der Waals surface area contributed by atoms with Crippen molar-refractivity contribution < 1.29 is 0 Å². The smallest absolute Gasteiger partial charge is 0.0919 e. The second kappa shape index (κ2) is 6.46. The van der Waals surface area contributed by atoms with Crippen LogP contribution in [0.3, 0.4) is 0 Å². The van der Waals surface area contributed by atoms with Gasteiger partial charge in [-0.2, -0.15) is 0 Å². The van der Waals surface area contributed by atoms with Crippen molar-refractivity contribution in [1.29, 1.82) is 0 Å². The molecule has 0 unspecified atom stereocenters. The Morgan fingerprint density at radius 1 is 1.25 bits per heavy atom. The molecule has 2 heteroatoms. The van der Waals surface area contributed by atoms with E-state index in [0.29, 0.717) is 0 Å². The number of unbranched alkanes of at least 4 members (excludes halogenated alkanes) is 1. The molecule has 0 aliphatic heterocycles. The predicted molar refractivity (Wildman–Crippen MR) is 84.2 cm³/mol. The summed E-state index contributed by atoms with van der Waals surface area (Å²) in [6.45, 7) is 7.00. The lowest BCUT2D eigenvalue weighted by molar-refractivity contribution is 0.983. The zero-order valence-corrected chi connectivity index (χ0v) is 13.5. The Morgan fingerprint density at radius 3 is 2.56 bits per heavy atom. The lowest BCUT2D eigenvalue weighted by Crippen LogP contribution is -2.45. The maximum atomic E-state index is 3.34. The van der Waals surface area contributed by atoms with Gasteiger partial charge in [-0.05, 0) is 21.7 Å². The first-order valence-electron chi connectivity index (χ1n) is 5.76. The zero-order valence-electron chi connectivity index (χ0n) is 10.3. The Bertz CT molecular complexity index is 399. The van der Waals surface area contributed by atoms with E-state index in [0.717, 1.165) is 12.8 Å². The van der Waals surface area contributed by atoms with Crippen molar-refractivity contribution in [1.82, 2.24) is 0 Å². The monoisotopic (exact) mass is 342 g/mol.